The Balaban J connectivity index is 1.56. The van der Waals surface area contributed by atoms with Gasteiger partial charge >= 0.3 is 0 Å². The number of carbonyl (C=O) groups excluding carboxylic acids is 2. The first-order chi connectivity index (χ1) is 15.0. The Bertz CT molecular complexity index is 1250. The van der Waals surface area contributed by atoms with Gasteiger partial charge in [0.25, 0.3) is 0 Å². The summed E-state index contributed by atoms with van der Waals surface area (Å²) in [7, 11) is 0. The second kappa shape index (κ2) is 7.03. The van der Waals surface area contributed by atoms with Crippen LogP contribution >= 0.6 is 0 Å². The molecule has 0 saturated heterocycles. The fourth-order valence-electron chi connectivity index (χ4n) is 4.47. The lowest BCUT2D eigenvalue weighted by atomic mass is 9.72. The summed E-state index contributed by atoms with van der Waals surface area (Å²) in [5.74, 6) is -0.470. The van der Waals surface area contributed by atoms with Crippen LogP contribution in [0.4, 0.5) is 0 Å². The Labute approximate surface area is 178 Å². The van der Waals surface area contributed by atoms with E-state index >= 15 is 0 Å². The van der Waals surface area contributed by atoms with E-state index in [1.165, 1.54) is 0 Å². The van der Waals surface area contributed by atoms with Crippen LogP contribution in [0.3, 0.4) is 0 Å². The lowest BCUT2D eigenvalue weighted by Crippen LogP contribution is -2.36. The first-order valence-corrected chi connectivity index (χ1v) is 9.88. The summed E-state index contributed by atoms with van der Waals surface area (Å²) in [6.07, 6.45) is 0.527. The number of ether oxygens (including phenoxy) is 3. The van der Waals surface area contributed by atoms with Crippen LogP contribution in [-0.2, 0) is 11.2 Å². The van der Waals surface area contributed by atoms with Crippen LogP contribution in [-0.4, -0.2) is 18.4 Å². The molecule has 3 aliphatic rings. The predicted molar refractivity (Wildman–Crippen MR) is 109 cm³/mol. The molecule has 154 valence electrons. The van der Waals surface area contributed by atoms with E-state index in [-0.39, 0.29) is 46.8 Å². The summed E-state index contributed by atoms with van der Waals surface area (Å²) in [6, 6.07) is 14.3. The van der Waals surface area contributed by atoms with Crippen molar-refractivity contribution >= 4 is 11.6 Å². The van der Waals surface area contributed by atoms with Crippen LogP contribution in [0.1, 0.15) is 33.2 Å². The molecular weight excluding hydrogens is 396 g/mol. The van der Waals surface area contributed by atoms with Crippen LogP contribution in [0.2, 0.25) is 0 Å². The molecule has 0 aromatic heterocycles. The van der Waals surface area contributed by atoms with E-state index in [4.69, 9.17) is 19.9 Å². The summed E-state index contributed by atoms with van der Waals surface area (Å²) < 4.78 is 16.3. The van der Waals surface area contributed by atoms with Crippen molar-refractivity contribution in [2.45, 2.75) is 13.3 Å². The van der Waals surface area contributed by atoms with Crippen molar-refractivity contribution in [1.29, 1.82) is 5.26 Å². The van der Waals surface area contributed by atoms with Crippen molar-refractivity contribution in [2.75, 3.05) is 6.79 Å². The average molecular weight is 414 g/mol. The zero-order chi connectivity index (χ0) is 21.7. The van der Waals surface area contributed by atoms with Gasteiger partial charge in [0.05, 0.1) is 11.1 Å². The minimum absolute atomic E-state index is 0.0808. The van der Waals surface area contributed by atoms with E-state index in [9.17, 15) is 14.9 Å². The first-order valence-electron chi connectivity index (χ1n) is 9.88. The van der Waals surface area contributed by atoms with Gasteiger partial charge in [-0.25, -0.2) is 0 Å². The fraction of sp³-hybridized carbons (Fsp3) is 0.208. The molecule has 5 rings (SSSR count). The SMILES string of the molecule is C[C@H](Cc1ccc2c(c1)OCO2)[C@@H]1C(C#N)=C(N)OC2=C1C(=O)c1ccccc1C2=O. The highest BCUT2D eigenvalue weighted by Gasteiger charge is 2.44. The number of Topliss-reactive ketones (excluding diaryl/α,β-unsaturated/α-hetero) is 2. The Morgan fingerprint density at radius 1 is 1.10 bits per heavy atom. The van der Waals surface area contributed by atoms with Gasteiger partial charge in [0, 0.05) is 17.0 Å². The summed E-state index contributed by atoms with van der Waals surface area (Å²) >= 11 is 0. The third-order valence-electron chi connectivity index (χ3n) is 5.90. The number of ketones is 2. The number of fused-ring (bicyclic) bond motifs is 2. The van der Waals surface area contributed by atoms with E-state index < -0.39 is 11.7 Å². The number of hydrogen-bond donors (Lipinski definition) is 1. The molecule has 2 aromatic rings. The molecule has 2 N–H and O–H groups in total. The summed E-state index contributed by atoms with van der Waals surface area (Å²) in [5, 5.41) is 9.79. The van der Waals surface area contributed by atoms with E-state index in [1.54, 1.807) is 24.3 Å². The molecular formula is C24H18N2O5. The maximum absolute atomic E-state index is 13.4. The molecule has 7 nitrogen and oxygen atoms in total. The van der Waals surface area contributed by atoms with Crippen molar-refractivity contribution in [3.05, 3.63) is 81.9 Å². The summed E-state index contributed by atoms with van der Waals surface area (Å²) in [6.45, 7) is 2.10. The topological polar surface area (TPSA) is 112 Å². The van der Waals surface area contributed by atoms with Gasteiger partial charge < -0.3 is 19.9 Å². The molecule has 2 atom stereocenters. The van der Waals surface area contributed by atoms with Crippen molar-refractivity contribution < 1.29 is 23.8 Å². The number of rotatable bonds is 3. The molecule has 0 bridgehead atoms. The third-order valence-corrected chi connectivity index (χ3v) is 5.90. The molecule has 0 saturated carbocycles. The van der Waals surface area contributed by atoms with Gasteiger partial charge in [0.1, 0.15) is 6.07 Å². The Hall–Kier alpha value is -4.05. The van der Waals surface area contributed by atoms with Gasteiger partial charge in [0.2, 0.25) is 18.5 Å². The Kier molecular flexibility index (Phi) is 4.29. The molecule has 1 aliphatic carbocycles. The highest BCUT2D eigenvalue weighted by Crippen LogP contribution is 2.43. The third kappa shape index (κ3) is 2.88. The number of nitrogens with two attached hydrogens (primary N) is 1. The minimum atomic E-state index is -0.663. The number of nitriles is 1. The Morgan fingerprint density at radius 2 is 1.81 bits per heavy atom. The van der Waals surface area contributed by atoms with Gasteiger partial charge in [-0.05, 0) is 30.0 Å². The number of allylic oxidation sites excluding steroid dienone is 3. The van der Waals surface area contributed by atoms with Crippen molar-refractivity contribution in [3.63, 3.8) is 0 Å². The molecule has 2 aliphatic heterocycles. The van der Waals surface area contributed by atoms with Gasteiger partial charge in [-0.3, -0.25) is 9.59 Å². The maximum Gasteiger partial charge on any atom is 0.231 e. The predicted octanol–water partition coefficient (Wildman–Crippen LogP) is 3.27. The molecule has 0 fully saturated rings. The largest absolute Gasteiger partial charge is 0.454 e. The number of nitrogens with zero attached hydrogens (tertiary/aromatic N) is 1. The zero-order valence-corrected chi connectivity index (χ0v) is 16.7. The smallest absolute Gasteiger partial charge is 0.231 e. The molecule has 2 heterocycles. The van der Waals surface area contributed by atoms with Gasteiger partial charge in [-0.2, -0.15) is 5.26 Å². The van der Waals surface area contributed by atoms with Crippen LogP contribution in [0.15, 0.2) is 65.3 Å². The molecule has 0 spiro atoms. The van der Waals surface area contributed by atoms with Crippen molar-refractivity contribution in [2.24, 2.45) is 17.6 Å². The van der Waals surface area contributed by atoms with Crippen LogP contribution in [0, 0.1) is 23.2 Å². The molecule has 0 radical (unpaired) electrons. The molecule has 0 unspecified atom stereocenters. The monoisotopic (exact) mass is 414 g/mol. The van der Waals surface area contributed by atoms with Crippen LogP contribution < -0.4 is 15.2 Å². The van der Waals surface area contributed by atoms with Crippen LogP contribution in [0.25, 0.3) is 0 Å². The van der Waals surface area contributed by atoms with Gasteiger partial charge in [-0.1, -0.05) is 37.3 Å². The van der Waals surface area contributed by atoms with Crippen molar-refractivity contribution in [3.8, 4) is 17.6 Å². The molecule has 7 heteroatoms. The normalized spacial score (nSPS) is 20.1. The van der Waals surface area contributed by atoms with E-state index in [0.717, 1.165) is 5.56 Å². The Morgan fingerprint density at radius 3 is 2.55 bits per heavy atom. The molecule has 0 amide bonds. The van der Waals surface area contributed by atoms with Crippen LogP contribution in [0.5, 0.6) is 11.5 Å². The number of benzene rings is 2. The first kappa shape index (κ1) is 18.9. The quantitative estimate of drug-likeness (QED) is 0.820. The van der Waals surface area contributed by atoms with E-state index in [0.29, 0.717) is 23.5 Å². The summed E-state index contributed by atoms with van der Waals surface area (Å²) in [4.78, 5) is 26.5. The second-order valence-corrected chi connectivity index (χ2v) is 7.79. The number of hydrogen-bond acceptors (Lipinski definition) is 7. The van der Waals surface area contributed by atoms with E-state index in [2.05, 4.69) is 6.07 Å². The summed E-state index contributed by atoms with van der Waals surface area (Å²) in [5.41, 5.74) is 7.92. The van der Waals surface area contributed by atoms with Crippen molar-refractivity contribution in [1.82, 2.24) is 0 Å². The van der Waals surface area contributed by atoms with E-state index in [1.807, 2.05) is 25.1 Å². The lowest BCUT2D eigenvalue weighted by molar-refractivity contribution is 0.0883. The lowest BCUT2D eigenvalue weighted by Gasteiger charge is -2.33. The highest BCUT2D eigenvalue weighted by atomic mass is 16.7. The number of carbonyl (C=O) groups is 2. The minimum Gasteiger partial charge on any atom is -0.454 e. The molecule has 31 heavy (non-hydrogen) atoms. The maximum atomic E-state index is 13.4. The van der Waals surface area contributed by atoms with Gasteiger partial charge in [0.15, 0.2) is 23.0 Å². The fourth-order valence-corrected chi connectivity index (χ4v) is 4.47. The van der Waals surface area contributed by atoms with Gasteiger partial charge in [-0.15, -0.1) is 0 Å². The molecule has 2 aromatic carbocycles. The second-order valence-electron chi connectivity index (χ2n) is 7.79. The zero-order valence-electron chi connectivity index (χ0n) is 16.7. The average Bonchev–Trinajstić information content (AvgIpc) is 3.24. The highest BCUT2D eigenvalue weighted by molar-refractivity contribution is 6.26. The standard InChI is InChI=1S/C24H18N2O5/c1-12(8-13-6-7-17-18(9-13)30-11-29-17)19-16(10-25)24(26)31-23-20(19)21(27)14-4-2-3-5-15(14)22(23)28/h2-7,9,12,19H,8,11,26H2,1H3/t12-,19-/m1/s1.